The van der Waals surface area contributed by atoms with Crippen LogP contribution in [0.4, 0.5) is 0 Å². The third-order valence-electron chi connectivity index (χ3n) is 1.23. The van der Waals surface area contributed by atoms with E-state index in [9.17, 15) is 8.42 Å². The van der Waals surface area contributed by atoms with Gasteiger partial charge in [0.05, 0.1) is 4.90 Å². The Morgan fingerprint density at radius 1 is 1.38 bits per heavy atom. The summed E-state index contributed by atoms with van der Waals surface area (Å²) in [6.45, 7) is 0. The minimum atomic E-state index is -3.75. The molecule has 72 valence electrons. The van der Waals surface area contributed by atoms with Crippen molar-refractivity contribution in [1.29, 1.82) is 0 Å². The van der Waals surface area contributed by atoms with Gasteiger partial charge in [0.1, 0.15) is 0 Å². The number of nitrogens with two attached hydrogens (primary N) is 1. The minimum Gasteiger partial charge on any atom is -0.320 e. The molecule has 5 nitrogen and oxygen atoms in total. The van der Waals surface area contributed by atoms with Gasteiger partial charge in [0, 0.05) is 16.7 Å². The summed E-state index contributed by atoms with van der Waals surface area (Å²) in [4.78, 5) is 8.17. The summed E-state index contributed by atoms with van der Waals surface area (Å²) in [5.41, 5.74) is 0. The lowest BCUT2D eigenvalue weighted by molar-refractivity contribution is -0.211. The van der Waals surface area contributed by atoms with Crippen molar-refractivity contribution in [2.24, 2.45) is 5.90 Å². The van der Waals surface area contributed by atoms with E-state index in [-0.39, 0.29) is 10.6 Å². The van der Waals surface area contributed by atoms with Gasteiger partial charge in [-0.25, -0.2) is 8.42 Å². The van der Waals surface area contributed by atoms with Crippen LogP contribution in [0.5, 0.6) is 5.75 Å². The molecule has 0 heterocycles. The van der Waals surface area contributed by atoms with Crippen LogP contribution in [-0.4, -0.2) is 8.42 Å². The van der Waals surface area contributed by atoms with Gasteiger partial charge in [-0.1, -0.05) is 11.1 Å². The lowest BCUT2D eigenvalue weighted by Gasteiger charge is -2.00. The van der Waals surface area contributed by atoms with Crippen LogP contribution in [0.1, 0.15) is 0 Å². The summed E-state index contributed by atoms with van der Waals surface area (Å²) in [7, 11) is 1.33. The van der Waals surface area contributed by atoms with Crippen LogP contribution >= 0.6 is 10.7 Å². The average molecular weight is 224 g/mol. The van der Waals surface area contributed by atoms with E-state index in [1.54, 1.807) is 0 Å². The Balaban J connectivity index is 3.06. The zero-order valence-corrected chi connectivity index (χ0v) is 7.88. The van der Waals surface area contributed by atoms with Crippen LogP contribution in [0.2, 0.25) is 0 Å². The summed E-state index contributed by atoms with van der Waals surface area (Å²) >= 11 is 0. The van der Waals surface area contributed by atoms with E-state index < -0.39 is 9.05 Å². The zero-order valence-electron chi connectivity index (χ0n) is 6.31. The Morgan fingerprint density at radius 2 is 2.08 bits per heavy atom. The third-order valence-corrected chi connectivity index (χ3v) is 2.58. The van der Waals surface area contributed by atoms with Gasteiger partial charge in [0.2, 0.25) is 0 Å². The first kappa shape index (κ1) is 10.3. The molecule has 0 fully saturated rings. The maximum atomic E-state index is 10.8. The maximum Gasteiger partial charge on any atom is 0.261 e. The maximum absolute atomic E-state index is 10.8. The van der Waals surface area contributed by atoms with Crippen LogP contribution in [0.15, 0.2) is 29.2 Å². The molecule has 0 amide bonds. The van der Waals surface area contributed by atoms with Crippen LogP contribution in [0.25, 0.3) is 0 Å². The molecule has 0 aliphatic carbocycles. The number of rotatable bonds is 3. The van der Waals surface area contributed by atoms with Crippen molar-refractivity contribution in [1.82, 2.24) is 0 Å². The number of benzene rings is 1. The van der Waals surface area contributed by atoms with Crippen molar-refractivity contribution in [2.75, 3.05) is 0 Å². The number of hydrogen-bond acceptors (Lipinski definition) is 5. The van der Waals surface area contributed by atoms with Crippen molar-refractivity contribution >= 4 is 19.7 Å². The number of halogens is 1. The van der Waals surface area contributed by atoms with E-state index in [4.69, 9.17) is 10.7 Å². The van der Waals surface area contributed by atoms with E-state index in [1.807, 2.05) is 0 Å². The van der Waals surface area contributed by atoms with Crippen molar-refractivity contribution in [3.05, 3.63) is 24.3 Å². The molecular weight excluding hydrogens is 218 g/mol. The molecule has 0 saturated carbocycles. The Bertz CT molecular complexity index is 391. The second kappa shape index (κ2) is 3.93. The lowest BCUT2D eigenvalue weighted by Crippen LogP contribution is -2.03. The quantitative estimate of drug-likeness (QED) is 0.466. The smallest absolute Gasteiger partial charge is 0.261 e. The number of hydrogen-bond donors (Lipinski definition) is 1. The molecule has 7 heteroatoms. The molecule has 1 aromatic rings. The van der Waals surface area contributed by atoms with E-state index in [0.29, 0.717) is 0 Å². The van der Waals surface area contributed by atoms with Crippen LogP contribution in [0.3, 0.4) is 0 Å². The Labute approximate surface area is 79.3 Å². The van der Waals surface area contributed by atoms with Crippen molar-refractivity contribution in [2.45, 2.75) is 4.90 Å². The molecule has 0 aliphatic rings. The Morgan fingerprint density at radius 3 is 2.62 bits per heavy atom. The zero-order chi connectivity index (χ0) is 9.90. The molecule has 0 atom stereocenters. The molecule has 0 aliphatic heterocycles. The van der Waals surface area contributed by atoms with Crippen LogP contribution in [0, 0.1) is 0 Å². The van der Waals surface area contributed by atoms with Gasteiger partial charge >= 0.3 is 0 Å². The first-order chi connectivity index (χ1) is 6.04. The molecule has 1 rings (SSSR count). The fourth-order valence-corrected chi connectivity index (χ4v) is 1.52. The molecule has 13 heavy (non-hydrogen) atoms. The largest absolute Gasteiger partial charge is 0.320 e. The molecule has 0 radical (unpaired) electrons. The first-order valence-electron chi connectivity index (χ1n) is 3.12. The molecule has 1 aromatic carbocycles. The lowest BCUT2D eigenvalue weighted by atomic mass is 10.3. The van der Waals surface area contributed by atoms with E-state index in [0.717, 1.165) is 0 Å². The highest BCUT2D eigenvalue weighted by Crippen LogP contribution is 2.20. The fourth-order valence-electron chi connectivity index (χ4n) is 0.733. The van der Waals surface area contributed by atoms with Gasteiger partial charge < -0.3 is 4.89 Å². The Kier molecular flexibility index (Phi) is 3.10. The van der Waals surface area contributed by atoms with E-state index in [1.165, 1.54) is 24.3 Å². The van der Waals surface area contributed by atoms with Gasteiger partial charge in [-0.3, -0.25) is 0 Å². The molecular formula is C6H6ClNO4S. The molecule has 0 saturated heterocycles. The van der Waals surface area contributed by atoms with Gasteiger partial charge in [-0.15, -0.1) is 0 Å². The summed E-state index contributed by atoms with van der Waals surface area (Å²) in [6, 6.07) is 5.43. The van der Waals surface area contributed by atoms with Crippen LogP contribution < -0.4 is 10.8 Å². The SMILES string of the molecule is NOOc1cccc(S(=O)(=O)Cl)c1. The molecule has 2 N–H and O–H groups in total. The van der Waals surface area contributed by atoms with Crippen molar-refractivity contribution in [3.63, 3.8) is 0 Å². The molecule has 0 spiro atoms. The second-order valence-electron chi connectivity index (χ2n) is 2.09. The Hall–Kier alpha value is -0.820. The average Bonchev–Trinajstić information content (AvgIpc) is 2.04. The van der Waals surface area contributed by atoms with E-state index in [2.05, 4.69) is 15.8 Å². The fraction of sp³-hybridized carbons (Fsp3) is 0. The predicted molar refractivity (Wildman–Crippen MR) is 45.4 cm³/mol. The highest BCUT2D eigenvalue weighted by atomic mass is 35.7. The van der Waals surface area contributed by atoms with Crippen molar-refractivity contribution < 1.29 is 18.3 Å². The normalized spacial score (nSPS) is 11.2. The highest BCUT2D eigenvalue weighted by molar-refractivity contribution is 8.13. The van der Waals surface area contributed by atoms with Gasteiger partial charge in [-0.2, -0.15) is 5.90 Å². The summed E-state index contributed by atoms with van der Waals surface area (Å²) in [6.07, 6.45) is 0. The standard InChI is InChI=1S/C6H6ClNO4S/c7-13(9,10)6-3-1-2-5(4-6)11-12-8/h1-4H,8H2. The van der Waals surface area contributed by atoms with Crippen molar-refractivity contribution in [3.8, 4) is 5.75 Å². The van der Waals surface area contributed by atoms with Gasteiger partial charge in [0.15, 0.2) is 5.75 Å². The minimum absolute atomic E-state index is 0.0799. The third kappa shape index (κ3) is 2.85. The molecule has 0 unspecified atom stereocenters. The topological polar surface area (TPSA) is 78.6 Å². The van der Waals surface area contributed by atoms with Gasteiger partial charge in [0.25, 0.3) is 9.05 Å². The second-order valence-corrected chi connectivity index (χ2v) is 4.66. The van der Waals surface area contributed by atoms with E-state index >= 15 is 0 Å². The summed E-state index contributed by atoms with van der Waals surface area (Å²) in [5.74, 6) is 4.77. The van der Waals surface area contributed by atoms with Crippen LogP contribution in [-0.2, 0) is 14.0 Å². The van der Waals surface area contributed by atoms with Gasteiger partial charge in [-0.05, 0) is 12.1 Å². The monoisotopic (exact) mass is 223 g/mol. The predicted octanol–water partition coefficient (Wildman–Crippen LogP) is 0.798. The summed E-state index contributed by atoms with van der Waals surface area (Å²) in [5, 5.41) is 0. The summed E-state index contributed by atoms with van der Waals surface area (Å²) < 4.78 is 21.7. The highest BCUT2D eigenvalue weighted by Gasteiger charge is 2.10. The molecule has 0 aromatic heterocycles. The first-order valence-corrected chi connectivity index (χ1v) is 5.43. The molecule has 0 bridgehead atoms.